The summed E-state index contributed by atoms with van der Waals surface area (Å²) in [5, 5.41) is 6.81. The van der Waals surface area contributed by atoms with Crippen molar-refractivity contribution in [2.45, 2.75) is 45.7 Å². The molecular formula is C14H27N3O. The molecule has 1 saturated carbocycles. The van der Waals surface area contributed by atoms with Gasteiger partial charge in [-0.05, 0) is 25.3 Å². The largest absolute Gasteiger partial charge is 0.338 e. The molecule has 1 spiro atoms. The third-order valence-corrected chi connectivity index (χ3v) is 4.66. The van der Waals surface area contributed by atoms with E-state index in [1.807, 2.05) is 13.8 Å². The third-order valence-electron chi connectivity index (χ3n) is 4.66. The Morgan fingerprint density at radius 1 is 1.39 bits per heavy atom. The first-order valence-electron chi connectivity index (χ1n) is 7.52. The predicted octanol–water partition coefficient (Wildman–Crippen LogP) is 1.18. The maximum atomic E-state index is 11.6. The number of amides is 1. The van der Waals surface area contributed by atoms with Crippen molar-refractivity contribution in [3.8, 4) is 0 Å². The van der Waals surface area contributed by atoms with Gasteiger partial charge in [-0.1, -0.05) is 20.8 Å². The van der Waals surface area contributed by atoms with Gasteiger partial charge in [-0.15, -0.1) is 0 Å². The fraction of sp³-hybridized carbons (Fsp3) is 0.929. The lowest BCUT2D eigenvalue weighted by Gasteiger charge is -2.40. The van der Waals surface area contributed by atoms with Gasteiger partial charge in [-0.2, -0.15) is 0 Å². The molecular weight excluding hydrogens is 226 g/mol. The second kappa shape index (κ2) is 5.57. The molecule has 3 aliphatic rings. The van der Waals surface area contributed by atoms with Gasteiger partial charge in [0, 0.05) is 32.0 Å². The number of nitrogens with zero attached hydrogens (tertiary/aromatic N) is 1. The van der Waals surface area contributed by atoms with E-state index in [0.29, 0.717) is 12.3 Å². The van der Waals surface area contributed by atoms with Crippen LogP contribution in [-0.4, -0.2) is 42.6 Å². The number of rotatable bonds is 1. The first-order valence-corrected chi connectivity index (χ1v) is 7.52. The Bertz CT molecular complexity index is 303. The van der Waals surface area contributed by atoms with E-state index in [0.717, 1.165) is 32.0 Å². The number of likely N-dealkylation sites (tertiary alicyclic amines) is 1. The molecule has 2 N–H and O–H groups in total. The third kappa shape index (κ3) is 2.28. The van der Waals surface area contributed by atoms with E-state index < -0.39 is 0 Å². The minimum absolute atomic E-state index is 0.0656. The molecule has 3 atom stereocenters. The van der Waals surface area contributed by atoms with Crippen LogP contribution >= 0.6 is 0 Å². The summed E-state index contributed by atoms with van der Waals surface area (Å²) in [6, 6.07) is 0. The summed E-state index contributed by atoms with van der Waals surface area (Å²) in [4.78, 5) is 14.1. The first-order chi connectivity index (χ1) is 8.73. The van der Waals surface area contributed by atoms with E-state index in [1.165, 1.54) is 13.0 Å². The molecule has 2 saturated heterocycles. The Labute approximate surface area is 110 Å². The van der Waals surface area contributed by atoms with Crippen LogP contribution < -0.4 is 10.6 Å². The van der Waals surface area contributed by atoms with Gasteiger partial charge in [0.25, 0.3) is 0 Å². The monoisotopic (exact) mass is 253 g/mol. The van der Waals surface area contributed by atoms with Crippen LogP contribution in [0.1, 0.15) is 40.0 Å². The van der Waals surface area contributed by atoms with E-state index >= 15 is 0 Å². The lowest BCUT2D eigenvalue weighted by Crippen LogP contribution is -2.66. The van der Waals surface area contributed by atoms with Gasteiger partial charge in [0.2, 0.25) is 5.91 Å². The Morgan fingerprint density at radius 3 is 2.83 bits per heavy atom. The highest BCUT2D eigenvalue weighted by Crippen LogP contribution is 2.44. The zero-order valence-electron chi connectivity index (χ0n) is 12.0. The summed E-state index contributed by atoms with van der Waals surface area (Å²) in [6.45, 7) is 10.6. The van der Waals surface area contributed by atoms with E-state index in [-0.39, 0.29) is 11.6 Å². The molecule has 2 heterocycles. The number of hydrogen-bond acceptors (Lipinski definition) is 3. The molecule has 0 aromatic heterocycles. The second-order valence-electron chi connectivity index (χ2n) is 5.45. The highest BCUT2D eigenvalue weighted by molar-refractivity contribution is 5.78. The zero-order valence-corrected chi connectivity index (χ0v) is 12.0. The summed E-state index contributed by atoms with van der Waals surface area (Å²) < 4.78 is 0. The van der Waals surface area contributed by atoms with Crippen molar-refractivity contribution in [1.82, 2.24) is 15.5 Å². The maximum absolute atomic E-state index is 11.6. The average molecular weight is 253 g/mol. The smallest absolute Gasteiger partial charge is 0.222 e. The lowest BCUT2D eigenvalue weighted by molar-refractivity contribution is -0.126. The highest BCUT2D eigenvalue weighted by atomic mass is 16.2. The van der Waals surface area contributed by atoms with Gasteiger partial charge in [-0.25, -0.2) is 0 Å². The maximum Gasteiger partial charge on any atom is 0.222 e. The molecule has 104 valence electrons. The summed E-state index contributed by atoms with van der Waals surface area (Å²) in [5.74, 6) is 1.64. The number of hydrogen-bond donors (Lipinski definition) is 2. The van der Waals surface area contributed by atoms with Crippen LogP contribution in [0.5, 0.6) is 0 Å². The Morgan fingerprint density at radius 2 is 2.17 bits per heavy atom. The highest BCUT2D eigenvalue weighted by Gasteiger charge is 2.53. The van der Waals surface area contributed by atoms with Crippen LogP contribution in [0.2, 0.25) is 0 Å². The summed E-state index contributed by atoms with van der Waals surface area (Å²) in [5.41, 5.74) is -0.0656. The normalized spacial score (nSPS) is 39.2. The Balaban J connectivity index is 0.000000574. The van der Waals surface area contributed by atoms with Gasteiger partial charge in [0.15, 0.2) is 0 Å². The number of nitrogens with one attached hydrogen (secondary N) is 2. The molecule has 3 fully saturated rings. The molecule has 0 bridgehead atoms. The van der Waals surface area contributed by atoms with Gasteiger partial charge in [-0.3, -0.25) is 10.1 Å². The zero-order chi connectivity index (χ0) is 13.2. The Kier molecular flexibility index (Phi) is 4.28. The van der Waals surface area contributed by atoms with Gasteiger partial charge in [0.05, 0.1) is 5.66 Å². The quantitative estimate of drug-likeness (QED) is 0.737. The summed E-state index contributed by atoms with van der Waals surface area (Å²) in [6.07, 6.45) is 3.01. The van der Waals surface area contributed by atoms with E-state index in [9.17, 15) is 4.79 Å². The number of carbonyl (C=O) groups is 1. The van der Waals surface area contributed by atoms with Crippen molar-refractivity contribution in [1.29, 1.82) is 0 Å². The lowest BCUT2D eigenvalue weighted by atomic mass is 9.90. The standard InChI is InChI=1S/C12H21N3O.C2H6/c1-2-15-7-9-3-5-12(10(9)8-15)13-6-4-11(16)14-12;1-2/h9-10,13H,2-8H2,1H3,(H,14,16);1-2H3/t9-,10+,12+;/m1./s1. The fourth-order valence-corrected chi connectivity index (χ4v) is 3.80. The minimum Gasteiger partial charge on any atom is -0.338 e. The molecule has 2 aliphatic heterocycles. The van der Waals surface area contributed by atoms with Crippen molar-refractivity contribution in [3.63, 3.8) is 0 Å². The van der Waals surface area contributed by atoms with Gasteiger partial charge in [0.1, 0.15) is 0 Å². The van der Waals surface area contributed by atoms with Crippen molar-refractivity contribution in [3.05, 3.63) is 0 Å². The Hall–Kier alpha value is -0.610. The van der Waals surface area contributed by atoms with E-state index in [2.05, 4.69) is 22.5 Å². The van der Waals surface area contributed by atoms with Crippen LogP contribution in [0.3, 0.4) is 0 Å². The predicted molar refractivity (Wildman–Crippen MR) is 73.2 cm³/mol. The van der Waals surface area contributed by atoms with Gasteiger partial charge >= 0.3 is 0 Å². The van der Waals surface area contributed by atoms with Crippen LogP contribution in [0, 0.1) is 11.8 Å². The van der Waals surface area contributed by atoms with Crippen molar-refractivity contribution >= 4 is 5.91 Å². The topological polar surface area (TPSA) is 44.4 Å². The van der Waals surface area contributed by atoms with E-state index in [1.54, 1.807) is 0 Å². The van der Waals surface area contributed by atoms with Crippen molar-refractivity contribution in [2.75, 3.05) is 26.2 Å². The second-order valence-corrected chi connectivity index (χ2v) is 5.45. The van der Waals surface area contributed by atoms with Crippen LogP contribution in [0.4, 0.5) is 0 Å². The van der Waals surface area contributed by atoms with Gasteiger partial charge < -0.3 is 10.2 Å². The molecule has 0 aromatic rings. The molecule has 0 radical (unpaired) electrons. The minimum atomic E-state index is -0.0656. The van der Waals surface area contributed by atoms with Crippen molar-refractivity contribution < 1.29 is 4.79 Å². The average Bonchev–Trinajstić information content (AvgIpc) is 2.94. The molecule has 0 aromatic carbocycles. The van der Waals surface area contributed by atoms with Crippen LogP contribution in [0.25, 0.3) is 0 Å². The summed E-state index contributed by atoms with van der Waals surface area (Å²) >= 11 is 0. The van der Waals surface area contributed by atoms with Crippen LogP contribution in [-0.2, 0) is 4.79 Å². The molecule has 4 nitrogen and oxygen atoms in total. The van der Waals surface area contributed by atoms with Crippen LogP contribution in [0.15, 0.2) is 0 Å². The molecule has 0 unspecified atom stereocenters. The molecule has 1 aliphatic carbocycles. The summed E-state index contributed by atoms with van der Waals surface area (Å²) in [7, 11) is 0. The van der Waals surface area contributed by atoms with E-state index in [4.69, 9.17) is 0 Å². The fourth-order valence-electron chi connectivity index (χ4n) is 3.80. The van der Waals surface area contributed by atoms with Crippen molar-refractivity contribution in [2.24, 2.45) is 11.8 Å². The number of fused-ring (bicyclic) bond motifs is 2. The molecule has 3 rings (SSSR count). The molecule has 4 heteroatoms. The SMILES string of the molecule is CC.CCN1C[C@H]2CC[C@@]3(NCCC(=O)N3)[C@H]2C1. The molecule has 1 amide bonds. The first kappa shape index (κ1) is 13.8. The number of carbonyl (C=O) groups excluding carboxylic acids is 1. The molecule has 18 heavy (non-hydrogen) atoms.